The Morgan fingerprint density at radius 3 is 2.42 bits per heavy atom. The zero-order chi connectivity index (χ0) is 31.4. The van der Waals surface area contributed by atoms with Gasteiger partial charge < -0.3 is 29.7 Å². The molecule has 0 spiro atoms. The Bertz CT molecular complexity index is 1520. The average Bonchev–Trinajstić information content (AvgIpc) is 2.94. The number of anilines is 3. The molecule has 11 nitrogen and oxygen atoms in total. The summed E-state index contributed by atoms with van der Waals surface area (Å²) < 4.78 is 49.0. The molecule has 1 aromatic heterocycles. The van der Waals surface area contributed by atoms with Crippen LogP contribution in [0, 0.1) is 5.82 Å². The number of piperidine rings is 1. The van der Waals surface area contributed by atoms with E-state index >= 15 is 0 Å². The Morgan fingerprint density at radius 2 is 1.77 bits per heavy atom. The van der Waals surface area contributed by atoms with Crippen LogP contribution in [0.5, 0.6) is 5.75 Å². The number of carbonyl (C=O) groups is 1. The number of methoxy groups -OCH3 is 2. The second-order valence-corrected chi connectivity index (χ2v) is 12.6. The summed E-state index contributed by atoms with van der Waals surface area (Å²) in [7, 11) is 0.620. The maximum absolute atomic E-state index is 13.6. The van der Waals surface area contributed by atoms with Gasteiger partial charge in [0.25, 0.3) is 0 Å². The molecule has 2 N–H and O–H groups in total. The number of ether oxygens (including phenoxy) is 3. The zero-order valence-corrected chi connectivity index (χ0v) is 26.2. The molecule has 1 aliphatic heterocycles. The van der Waals surface area contributed by atoms with Gasteiger partial charge in [-0.3, -0.25) is 4.79 Å². The van der Waals surface area contributed by atoms with Crippen molar-refractivity contribution in [2.75, 3.05) is 76.8 Å². The number of sulfone groups is 1. The highest BCUT2D eigenvalue weighted by atomic mass is 35.5. The summed E-state index contributed by atoms with van der Waals surface area (Å²) >= 11 is 5.94. The van der Waals surface area contributed by atoms with Gasteiger partial charge in [-0.1, -0.05) is 17.2 Å². The highest BCUT2D eigenvalue weighted by Gasteiger charge is 2.17. The van der Waals surface area contributed by atoms with Gasteiger partial charge in [-0.05, 0) is 37.1 Å². The fourth-order valence-electron chi connectivity index (χ4n) is 4.13. The maximum atomic E-state index is 13.6. The Labute approximate surface area is 256 Å². The van der Waals surface area contributed by atoms with Gasteiger partial charge in [-0.15, -0.1) is 0 Å². The Morgan fingerprint density at radius 1 is 1.07 bits per heavy atom. The number of hydrogen-bond donors (Lipinski definition) is 2. The highest BCUT2D eigenvalue weighted by molar-refractivity contribution is 7.89. The van der Waals surface area contributed by atoms with Crippen LogP contribution in [0.4, 0.5) is 21.6 Å². The van der Waals surface area contributed by atoms with Gasteiger partial charge in [-0.2, -0.15) is 0 Å². The molecule has 0 aliphatic carbocycles. The molecule has 0 saturated carbocycles. The maximum Gasteiger partial charge on any atom is 0.248 e. The smallest absolute Gasteiger partial charge is 0.248 e. The van der Waals surface area contributed by atoms with E-state index in [4.69, 9.17) is 25.8 Å². The normalized spacial score (nSPS) is 13.7. The summed E-state index contributed by atoms with van der Waals surface area (Å²) in [6, 6.07) is 7.81. The van der Waals surface area contributed by atoms with Crippen molar-refractivity contribution in [3.63, 3.8) is 0 Å². The van der Waals surface area contributed by atoms with Gasteiger partial charge in [0, 0.05) is 69.6 Å². The molecule has 3 aromatic rings. The minimum Gasteiger partial charge on any atom is -0.489 e. The average molecular weight is 638 g/mol. The first-order valence-corrected chi connectivity index (χ1v) is 16.1. The molecule has 0 bridgehead atoms. The number of fused-ring (bicyclic) bond motifs is 1. The SMILES string of the molecule is COCCOc1cc2ncnc(Nc3ccc(F)c(Cl)c3)c2cc1NC(=O)C=C1CCN(CCOC)CC1.CS(C)(=O)=O. The molecule has 1 saturated heterocycles. The molecule has 0 atom stereocenters. The number of nitrogens with one attached hydrogen (secondary N) is 2. The fraction of sp³-hybridized carbons (Fsp3) is 0.414. The van der Waals surface area contributed by atoms with Crippen LogP contribution >= 0.6 is 11.6 Å². The molecule has 4 rings (SSSR count). The standard InChI is InChI=1S/C27H31ClFN5O4.C2H6O2S/c1-36-10-9-34-7-5-18(6-8-34)13-26(35)33-24-15-20-23(16-25(24)38-12-11-37-2)30-17-31-27(20)32-19-3-4-22(29)21(28)14-19;1-5(2,3)4/h3-4,13-17H,5-12H2,1-2H3,(H,33,35)(H,30,31,32);1-2H3. The number of likely N-dealkylation sites (tertiary alicyclic amines) is 1. The minimum atomic E-state index is -2.67. The first-order valence-electron chi connectivity index (χ1n) is 13.5. The molecule has 1 fully saturated rings. The van der Waals surface area contributed by atoms with E-state index in [-0.39, 0.29) is 10.9 Å². The van der Waals surface area contributed by atoms with Crippen LogP contribution < -0.4 is 15.4 Å². The van der Waals surface area contributed by atoms with E-state index in [1.807, 2.05) is 0 Å². The van der Waals surface area contributed by atoms with Gasteiger partial charge in [0.2, 0.25) is 5.91 Å². The van der Waals surface area contributed by atoms with Crippen LogP contribution in [-0.4, -0.2) is 95.4 Å². The van der Waals surface area contributed by atoms with Crippen molar-refractivity contribution in [3.05, 3.63) is 59.1 Å². The van der Waals surface area contributed by atoms with Crippen LogP contribution in [0.25, 0.3) is 10.9 Å². The lowest BCUT2D eigenvalue weighted by Crippen LogP contribution is -2.33. The molecule has 2 heterocycles. The van der Waals surface area contributed by atoms with Crippen LogP contribution in [0.15, 0.2) is 48.3 Å². The number of nitrogens with zero attached hydrogens (tertiary/aromatic N) is 3. The summed E-state index contributed by atoms with van der Waals surface area (Å²) in [4.78, 5) is 24.0. The Kier molecular flexibility index (Phi) is 13.1. The molecular formula is C29H37ClFN5O6S. The lowest BCUT2D eigenvalue weighted by molar-refractivity contribution is -0.112. The van der Waals surface area contributed by atoms with Crippen molar-refractivity contribution in [2.24, 2.45) is 0 Å². The third kappa shape index (κ3) is 11.7. The Hall–Kier alpha value is -3.36. The Balaban J connectivity index is 0.000000934. The van der Waals surface area contributed by atoms with E-state index in [0.29, 0.717) is 53.7 Å². The van der Waals surface area contributed by atoms with Crippen molar-refractivity contribution < 1.29 is 31.8 Å². The summed E-state index contributed by atoms with van der Waals surface area (Å²) in [5.41, 5.74) is 2.73. The summed E-state index contributed by atoms with van der Waals surface area (Å²) in [6.07, 6.45) is 7.05. The second kappa shape index (κ2) is 16.5. The molecule has 234 valence electrons. The first-order chi connectivity index (χ1) is 20.5. The molecule has 0 radical (unpaired) electrons. The first kappa shape index (κ1) is 34.1. The molecule has 2 aromatic carbocycles. The fourth-order valence-corrected chi connectivity index (χ4v) is 4.31. The van der Waals surface area contributed by atoms with Crippen molar-refractivity contribution >= 4 is 55.4 Å². The molecule has 1 amide bonds. The number of carbonyl (C=O) groups excluding carboxylic acids is 1. The number of benzene rings is 2. The topological polar surface area (TPSA) is 132 Å². The third-order valence-electron chi connectivity index (χ3n) is 6.17. The molecule has 14 heteroatoms. The monoisotopic (exact) mass is 637 g/mol. The highest BCUT2D eigenvalue weighted by Crippen LogP contribution is 2.34. The minimum absolute atomic E-state index is 0.00675. The van der Waals surface area contributed by atoms with Gasteiger partial charge in [0.15, 0.2) is 0 Å². The number of rotatable bonds is 11. The van der Waals surface area contributed by atoms with Gasteiger partial charge in [0.05, 0.1) is 29.4 Å². The van der Waals surface area contributed by atoms with Crippen LogP contribution in [0.1, 0.15) is 12.8 Å². The van der Waals surface area contributed by atoms with Gasteiger partial charge in [0.1, 0.15) is 40.2 Å². The second-order valence-electron chi connectivity index (χ2n) is 9.95. The summed E-state index contributed by atoms with van der Waals surface area (Å²) in [5.74, 6) is 0.184. The van der Waals surface area contributed by atoms with Crippen molar-refractivity contribution in [1.82, 2.24) is 14.9 Å². The van der Waals surface area contributed by atoms with Gasteiger partial charge in [-0.25, -0.2) is 22.8 Å². The predicted octanol–water partition coefficient (Wildman–Crippen LogP) is 4.46. The van der Waals surface area contributed by atoms with E-state index in [9.17, 15) is 17.6 Å². The van der Waals surface area contributed by atoms with Crippen molar-refractivity contribution in [2.45, 2.75) is 12.8 Å². The number of halogens is 2. The number of aromatic nitrogens is 2. The van der Waals surface area contributed by atoms with Crippen LogP contribution in [-0.2, 0) is 24.1 Å². The van der Waals surface area contributed by atoms with E-state index in [0.717, 1.165) is 50.6 Å². The zero-order valence-electron chi connectivity index (χ0n) is 24.7. The lowest BCUT2D eigenvalue weighted by Gasteiger charge is -2.27. The van der Waals surface area contributed by atoms with Crippen molar-refractivity contribution in [1.29, 1.82) is 0 Å². The summed E-state index contributed by atoms with van der Waals surface area (Å²) in [6.45, 7) is 4.05. The van der Waals surface area contributed by atoms with Crippen LogP contribution in [0.2, 0.25) is 5.02 Å². The van der Waals surface area contributed by atoms with E-state index in [1.165, 1.54) is 18.5 Å². The van der Waals surface area contributed by atoms with E-state index < -0.39 is 15.7 Å². The van der Waals surface area contributed by atoms with E-state index in [2.05, 4.69) is 25.5 Å². The van der Waals surface area contributed by atoms with Crippen LogP contribution in [0.3, 0.4) is 0 Å². The largest absolute Gasteiger partial charge is 0.489 e. The lowest BCUT2D eigenvalue weighted by atomic mass is 10.0. The number of hydrogen-bond acceptors (Lipinski definition) is 10. The quantitative estimate of drug-likeness (QED) is 0.229. The molecule has 1 aliphatic rings. The van der Waals surface area contributed by atoms with E-state index in [1.54, 1.807) is 38.5 Å². The predicted molar refractivity (Wildman–Crippen MR) is 167 cm³/mol. The van der Waals surface area contributed by atoms with Crippen molar-refractivity contribution in [3.8, 4) is 5.75 Å². The molecule has 43 heavy (non-hydrogen) atoms. The molecular weight excluding hydrogens is 601 g/mol. The summed E-state index contributed by atoms with van der Waals surface area (Å²) in [5, 5.41) is 6.75. The molecule has 0 unspecified atom stereocenters. The number of amides is 1. The van der Waals surface area contributed by atoms with Gasteiger partial charge >= 0.3 is 0 Å². The third-order valence-corrected chi connectivity index (χ3v) is 6.46.